The number of aliphatic hydroxyl groups excluding tert-OH is 1. The maximum Gasteiger partial charge on any atom is 0.332 e. The van der Waals surface area contributed by atoms with Crippen LogP contribution in [0, 0.1) is 6.92 Å². The summed E-state index contributed by atoms with van der Waals surface area (Å²) in [5.41, 5.74) is 8.07. The third-order valence-corrected chi connectivity index (χ3v) is 3.00. The van der Waals surface area contributed by atoms with Crippen LogP contribution < -0.4 is 11.4 Å². The Morgan fingerprint density at radius 2 is 2.06 bits per heavy atom. The van der Waals surface area contributed by atoms with Crippen molar-refractivity contribution in [2.24, 2.45) is 12.8 Å². The van der Waals surface area contributed by atoms with Gasteiger partial charge in [0.2, 0.25) is 0 Å². The first-order chi connectivity index (χ1) is 8.56. The number of benzene rings is 1. The molecule has 0 spiro atoms. The van der Waals surface area contributed by atoms with Gasteiger partial charge in [0.25, 0.3) is 0 Å². The number of aryl methyl sites for hydroxylation is 2. The molecule has 2 rings (SSSR count). The zero-order valence-corrected chi connectivity index (χ0v) is 10.5. The number of aliphatic hydroxyl groups is 1. The minimum atomic E-state index is -0.493. The van der Waals surface area contributed by atoms with Crippen LogP contribution in [0.15, 0.2) is 35.3 Å². The van der Waals surface area contributed by atoms with Crippen molar-refractivity contribution in [2.45, 2.75) is 13.0 Å². The topological polar surface area (TPSA) is 73.2 Å². The lowest BCUT2D eigenvalue weighted by Gasteiger charge is -2.15. The Kier molecular flexibility index (Phi) is 3.36. The lowest BCUT2D eigenvalue weighted by Crippen LogP contribution is -2.24. The van der Waals surface area contributed by atoms with Crippen LogP contribution in [0.5, 0.6) is 0 Å². The number of nitrogens with zero attached hydrogens (tertiary/aromatic N) is 2. The summed E-state index contributed by atoms with van der Waals surface area (Å²) >= 11 is 0. The molecular formula is C13H17N3O2. The van der Waals surface area contributed by atoms with E-state index in [4.69, 9.17) is 5.73 Å². The number of aromatic nitrogens is 2. The second kappa shape index (κ2) is 4.80. The standard InChI is InChI=1S/C13H17N3O2/c1-9-7-15(2)13(18)16(9)12-6-4-3-5-10(12)11(14)8-17/h3-7,11,17H,8,14H2,1-2H3. The highest BCUT2D eigenvalue weighted by Gasteiger charge is 2.15. The molecule has 0 aliphatic carbocycles. The summed E-state index contributed by atoms with van der Waals surface area (Å²) in [5, 5.41) is 9.19. The molecule has 0 radical (unpaired) electrons. The van der Waals surface area contributed by atoms with Gasteiger partial charge in [-0.15, -0.1) is 0 Å². The smallest absolute Gasteiger partial charge is 0.332 e. The van der Waals surface area contributed by atoms with Crippen molar-refractivity contribution in [2.75, 3.05) is 6.61 Å². The Morgan fingerprint density at radius 3 is 2.61 bits per heavy atom. The van der Waals surface area contributed by atoms with E-state index in [1.807, 2.05) is 31.2 Å². The molecule has 1 heterocycles. The Labute approximate surface area is 105 Å². The maximum atomic E-state index is 12.1. The van der Waals surface area contributed by atoms with Crippen molar-refractivity contribution >= 4 is 0 Å². The largest absolute Gasteiger partial charge is 0.394 e. The Balaban J connectivity index is 2.68. The zero-order valence-electron chi connectivity index (χ0n) is 10.5. The van der Waals surface area contributed by atoms with E-state index in [2.05, 4.69) is 0 Å². The summed E-state index contributed by atoms with van der Waals surface area (Å²) < 4.78 is 3.13. The van der Waals surface area contributed by atoms with Gasteiger partial charge in [-0.05, 0) is 18.6 Å². The van der Waals surface area contributed by atoms with Gasteiger partial charge in [0.05, 0.1) is 18.3 Å². The number of rotatable bonds is 3. The fourth-order valence-corrected chi connectivity index (χ4v) is 2.10. The summed E-state index contributed by atoms with van der Waals surface area (Å²) in [7, 11) is 1.71. The highest BCUT2D eigenvalue weighted by molar-refractivity contribution is 5.44. The number of nitrogens with two attached hydrogens (primary N) is 1. The van der Waals surface area contributed by atoms with E-state index in [9.17, 15) is 9.90 Å². The number of para-hydroxylation sites is 1. The van der Waals surface area contributed by atoms with E-state index in [-0.39, 0.29) is 12.3 Å². The fourth-order valence-electron chi connectivity index (χ4n) is 2.10. The van der Waals surface area contributed by atoms with Crippen LogP contribution in [0.2, 0.25) is 0 Å². The number of imidazole rings is 1. The van der Waals surface area contributed by atoms with E-state index in [1.54, 1.807) is 17.8 Å². The summed E-state index contributed by atoms with van der Waals surface area (Å²) in [6.45, 7) is 1.71. The van der Waals surface area contributed by atoms with Gasteiger partial charge in [0.15, 0.2) is 0 Å². The van der Waals surface area contributed by atoms with E-state index in [1.165, 1.54) is 4.57 Å². The summed E-state index contributed by atoms with van der Waals surface area (Å²) in [6, 6.07) is 6.86. The van der Waals surface area contributed by atoms with Crippen LogP contribution in [0.4, 0.5) is 0 Å². The van der Waals surface area contributed by atoms with Crippen LogP contribution in [-0.2, 0) is 7.05 Å². The van der Waals surface area contributed by atoms with Crippen molar-refractivity contribution in [3.63, 3.8) is 0 Å². The molecule has 0 saturated heterocycles. The molecule has 1 atom stereocenters. The predicted molar refractivity (Wildman–Crippen MR) is 69.8 cm³/mol. The van der Waals surface area contributed by atoms with Gasteiger partial charge < -0.3 is 15.4 Å². The SMILES string of the molecule is Cc1cn(C)c(=O)n1-c1ccccc1C(N)CO. The third kappa shape index (κ3) is 1.98. The van der Waals surface area contributed by atoms with Gasteiger partial charge in [0.1, 0.15) is 0 Å². The summed E-state index contributed by atoms with van der Waals surface area (Å²) in [5.74, 6) is 0. The average Bonchev–Trinajstić information content (AvgIpc) is 2.62. The van der Waals surface area contributed by atoms with Gasteiger partial charge in [0, 0.05) is 18.9 Å². The molecule has 3 N–H and O–H groups in total. The van der Waals surface area contributed by atoms with E-state index in [0.29, 0.717) is 0 Å². The van der Waals surface area contributed by atoms with Gasteiger partial charge in [-0.2, -0.15) is 0 Å². The lowest BCUT2D eigenvalue weighted by molar-refractivity contribution is 0.268. The minimum absolute atomic E-state index is 0.120. The Morgan fingerprint density at radius 1 is 1.39 bits per heavy atom. The molecule has 96 valence electrons. The molecule has 0 fully saturated rings. The lowest BCUT2D eigenvalue weighted by atomic mass is 10.1. The second-order valence-electron chi connectivity index (χ2n) is 4.35. The number of hydrogen-bond acceptors (Lipinski definition) is 3. The molecular weight excluding hydrogens is 230 g/mol. The molecule has 5 nitrogen and oxygen atoms in total. The first kappa shape index (κ1) is 12.6. The zero-order chi connectivity index (χ0) is 13.3. The van der Waals surface area contributed by atoms with Gasteiger partial charge >= 0.3 is 5.69 Å². The minimum Gasteiger partial charge on any atom is -0.394 e. The van der Waals surface area contributed by atoms with Crippen LogP contribution in [0.1, 0.15) is 17.3 Å². The highest BCUT2D eigenvalue weighted by atomic mass is 16.3. The van der Waals surface area contributed by atoms with Gasteiger partial charge in [-0.1, -0.05) is 18.2 Å². The summed E-state index contributed by atoms with van der Waals surface area (Å²) in [6.07, 6.45) is 1.77. The average molecular weight is 247 g/mol. The van der Waals surface area contributed by atoms with E-state index < -0.39 is 6.04 Å². The summed E-state index contributed by atoms with van der Waals surface area (Å²) in [4.78, 5) is 12.1. The first-order valence-electron chi connectivity index (χ1n) is 5.77. The fraction of sp³-hybridized carbons (Fsp3) is 0.308. The molecule has 0 saturated carbocycles. The number of hydrogen-bond donors (Lipinski definition) is 2. The van der Waals surface area contributed by atoms with Crippen LogP contribution in [0.25, 0.3) is 5.69 Å². The van der Waals surface area contributed by atoms with Gasteiger partial charge in [-0.3, -0.25) is 4.57 Å². The molecule has 0 bridgehead atoms. The van der Waals surface area contributed by atoms with Crippen molar-refractivity contribution in [3.8, 4) is 5.69 Å². The predicted octanol–water partition coefficient (Wildman–Crippen LogP) is 0.477. The second-order valence-corrected chi connectivity index (χ2v) is 4.35. The van der Waals surface area contributed by atoms with E-state index in [0.717, 1.165) is 16.9 Å². The molecule has 0 aliphatic heterocycles. The molecule has 1 aromatic carbocycles. The normalized spacial score (nSPS) is 12.7. The van der Waals surface area contributed by atoms with Gasteiger partial charge in [-0.25, -0.2) is 4.79 Å². The highest BCUT2D eigenvalue weighted by Crippen LogP contribution is 2.20. The monoisotopic (exact) mass is 247 g/mol. The molecule has 0 aliphatic rings. The van der Waals surface area contributed by atoms with Crippen LogP contribution >= 0.6 is 0 Å². The Bertz CT molecular complexity index is 613. The quantitative estimate of drug-likeness (QED) is 0.828. The molecule has 1 unspecified atom stereocenters. The molecule has 1 aromatic heterocycles. The molecule has 2 aromatic rings. The molecule has 18 heavy (non-hydrogen) atoms. The van der Waals surface area contributed by atoms with Crippen molar-refractivity contribution in [1.29, 1.82) is 0 Å². The van der Waals surface area contributed by atoms with Crippen LogP contribution in [0.3, 0.4) is 0 Å². The van der Waals surface area contributed by atoms with Crippen molar-refractivity contribution in [3.05, 3.63) is 52.2 Å². The Hall–Kier alpha value is -1.85. The third-order valence-electron chi connectivity index (χ3n) is 3.00. The van der Waals surface area contributed by atoms with Crippen molar-refractivity contribution < 1.29 is 5.11 Å². The molecule has 5 heteroatoms. The van der Waals surface area contributed by atoms with E-state index >= 15 is 0 Å². The first-order valence-corrected chi connectivity index (χ1v) is 5.77. The van der Waals surface area contributed by atoms with Crippen LogP contribution in [-0.4, -0.2) is 20.8 Å². The molecule has 0 amide bonds. The van der Waals surface area contributed by atoms with Crippen molar-refractivity contribution in [1.82, 2.24) is 9.13 Å². The maximum absolute atomic E-state index is 12.1.